The van der Waals surface area contributed by atoms with Gasteiger partial charge in [0, 0.05) is 5.69 Å². The number of unbranched alkanes of at least 4 members (excludes halogenated alkanes) is 1. The number of benzene rings is 1. The van der Waals surface area contributed by atoms with Gasteiger partial charge in [-0.25, -0.2) is 8.42 Å². The zero-order valence-corrected chi connectivity index (χ0v) is 11.9. The zero-order valence-electron chi connectivity index (χ0n) is 11.1. The van der Waals surface area contributed by atoms with E-state index in [2.05, 4.69) is 17.7 Å². The molecule has 0 saturated heterocycles. The van der Waals surface area contributed by atoms with Gasteiger partial charge in [-0.15, -0.1) is 0 Å². The van der Waals surface area contributed by atoms with Crippen molar-refractivity contribution in [2.24, 2.45) is 5.73 Å². The summed E-state index contributed by atoms with van der Waals surface area (Å²) in [5.74, 6) is 0. The first-order valence-electron chi connectivity index (χ1n) is 6.25. The Morgan fingerprint density at radius 2 is 1.83 bits per heavy atom. The number of hydrogen-bond acceptors (Lipinski definition) is 3. The fourth-order valence-corrected chi connectivity index (χ4v) is 2.40. The molecular weight excluding hydrogens is 248 g/mol. The Balaban J connectivity index is 2.87. The Labute approximate surface area is 110 Å². The standard InChI is InChI=1S/C13H22N2O2S/c1-3-11-8-12(6-4-5-7-14)10-13(9-11)15-18(2,16)17/h8-10,15H,3-7,14H2,1-2H3. The summed E-state index contributed by atoms with van der Waals surface area (Å²) in [6.45, 7) is 2.76. The topological polar surface area (TPSA) is 72.2 Å². The monoisotopic (exact) mass is 270 g/mol. The van der Waals surface area contributed by atoms with Gasteiger partial charge in [-0.1, -0.05) is 13.0 Å². The fraction of sp³-hybridized carbons (Fsp3) is 0.538. The Kier molecular flexibility index (Phi) is 5.62. The van der Waals surface area contributed by atoms with Crippen molar-refractivity contribution >= 4 is 15.7 Å². The molecule has 102 valence electrons. The van der Waals surface area contributed by atoms with E-state index in [-0.39, 0.29) is 0 Å². The van der Waals surface area contributed by atoms with Crippen molar-refractivity contribution in [2.45, 2.75) is 32.6 Å². The van der Waals surface area contributed by atoms with Crippen LogP contribution in [0.4, 0.5) is 5.69 Å². The molecule has 0 aliphatic carbocycles. The predicted molar refractivity (Wildman–Crippen MR) is 76.3 cm³/mol. The summed E-state index contributed by atoms with van der Waals surface area (Å²) in [4.78, 5) is 0. The summed E-state index contributed by atoms with van der Waals surface area (Å²) in [6, 6.07) is 5.91. The third-order valence-electron chi connectivity index (χ3n) is 2.68. The van der Waals surface area contributed by atoms with Gasteiger partial charge >= 0.3 is 0 Å². The van der Waals surface area contributed by atoms with Crippen molar-refractivity contribution in [2.75, 3.05) is 17.5 Å². The molecule has 0 spiro atoms. The molecule has 5 heteroatoms. The van der Waals surface area contributed by atoms with Crippen molar-refractivity contribution in [3.05, 3.63) is 29.3 Å². The highest BCUT2D eigenvalue weighted by Crippen LogP contribution is 2.18. The van der Waals surface area contributed by atoms with E-state index in [4.69, 9.17) is 5.73 Å². The van der Waals surface area contributed by atoms with Crippen LogP contribution in [0.3, 0.4) is 0 Å². The van der Waals surface area contributed by atoms with Gasteiger partial charge in [-0.05, 0) is 55.5 Å². The second-order valence-corrected chi connectivity index (χ2v) is 6.26. The van der Waals surface area contributed by atoms with Crippen LogP contribution in [0.5, 0.6) is 0 Å². The predicted octanol–water partition coefficient (Wildman–Crippen LogP) is 1.90. The molecule has 0 heterocycles. The Bertz CT molecular complexity index is 484. The van der Waals surface area contributed by atoms with E-state index in [1.165, 1.54) is 6.26 Å². The van der Waals surface area contributed by atoms with Gasteiger partial charge in [0.2, 0.25) is 10.0 Å². The van der Waals surface area contributed by atoms with Crippen LogP contribution in [-0.2, 0) is 22.9 Å². The minimum absolute atomic E-state index is 0.652. The number of sulfonamides is 1. The highest BCUT2D eigenvalue weighted by molar-refractivity contribution is 7.92. The molecule has 0 unspecified atom stereocenters. The molecule has 0 saturated carbocycles. The number of nitrogens with one attached hydrogen (secondary N) is 1. The zero-order chi connectivity index (χ0) is 13.6. The van der Waals surface area contributed by atoms with Gasteiger partial charge in [0.15, 0.2) is 0 Å². The summed E-state index contributed by atoms with van der Waals surface area (Å²) in [6.07, 6.45) is 5.01. The van der Waals surface area contributed by atoms with Crippen molar-refractivity contribution in [1.29, 1.82) is 0 Å². The average Bonchev–Trinajstić information content (AvgIpc) is 2.26. The van der Waals surface area contributed by atoms with Crippen LogP contribution in [0.2, 0.25) is 0 Å². The Morgan fingerprint density at radius 3 is 2.39 bits per heavy atom. The van der Waals surface area contributed by atoms with Crippen LogP contribution >= 0.6 is 0 Å². The second kappa shape index (κ2) is 6.75. The lowest BCUT2D eigenvalue weighted by atomic mass is 10.0. The van der Waals surface area contributed by atoms with E-state index in [9.17, 15) is 8.42 Å². The second-order valence-electron chi connectivity index (χ2n) is 4.51. The molecule has 18 heavy (non-hydrogen) atoms. The molecule has 1 aromatic rings. The molecule has 0 bridgehead atoms. The maximum atomic E-state index is 11.2. The van der Waals surface area contributed by atoms with E-state index in [0.29, 0.717) is 12.2 Å². The third-order valence-corrected chi connectivity index (χ3v) is 3.29. The Morgan fingerprint density at radius 1 is 1.17 bits per heavy atom. The molecule has 0 amide bonds. The van der Waals surface area contributed by atoms with Crippen molar-refractivity contribution < 1.29 is 8.42 Å². The summed E-state index contributed by atoms with van der Waals surface area (Å²) in [5.41, 5.74) is 8.43. The van der Waals surface area contributed by atoms with Crippen LogP contribution in [0, 0.1) is 0 Å². The van der Waals surface area contributed by atoms with Gasteiger partial charge in [-0.3, -0.25) is 4.72 Å². The van der Waals surface area contributed by atoms with Gasteiger partial charge in [0.05, 0.1) is 6.26 Å². The van der Waals surface area contributed by atoms with Crippen LogP contribution in [-0.4, -0.2) is 21.2 Å². The largest absolute Gasteiger partial charge is 0.330 e. The van der Waals surface area contributed by atoms with Crippen molar-refractivity contribution in [1.82, 2.24) is 0 Å². The lowest BCUT2D eigenvalue weighted by Gasteiger charge is -2.10. The van der Waals surface area contributed by atoms with Gasteiger partial charge in [0.1, 0.15) is 0 Å². The van der Waals surface area contributed by atoms with Crippen molar-refractivity contribution in [3.63, 3.8) is 0 Å². The highest BCUT2D eigenvalue weighted by Gasteiger charge is 2.05. The Hall–Kier alpha value is -1.07. The molecule has 0 aromatic heterocycles. The van der Waals surface area contributed by atoms with E-state index in [0.717, 1.165) is 36.8 Å². The van der Waals surface area contributed by atoms with E-state index in [1.54, 1.807) is 0 Å². The van der Waals surface area contributed by atoms with Gasteiger partial charge < -0.3 is 5.73 Å². The van der Waals surface area contributed by atoms with Crippen LogP contribution < -0.4 is 10.5 Å². The first-order valence-corrected chi connectivity index (χ1v) is 8.14. The molecule has 1 aromatic carbocycles. The maximum absolute atomic E-state index is 11.2. The molecule has 0 atom stereocenters. The van der Waals surface area contributed by atoms with Crippen LogP contribution in [0.15, 0.2) is 18.2 Å². The lowest BCUT2D eigenvalue weighted by Crippen LogP contribution is -2.10. The minimum atomic E-state index is -3.21. The normalized spacial score (nSPS) is 11.5. The minimum Gasteiger partial charge on any atom is -0.330 e. The quantitative estimate of drug-likeness (QED) is 0.743. The molecule has 4 nitrogen and oxygen atoms in total. The SMILES string of the molecule is CCc1cc(CCCCN)cc(NS(C)(=O)=O)c1. The molecule has 0 aliphatic rings. The average molecular weight is 270 g/mol. The van der Waals surface area contributed by atoms with Crippen LogP contribution in [0.1, 0.15) is 30.9 Å². The summed E-state index contributed by atoms with van der Waals surface area (Å²) < 4.78 is 25.0. The smallest absolute Gasteiger partial charge is 0.229 e. The number of hydrogen-bond donors (Lipinski definition) is 2. The molecule has 0 radical (unpaired) electrons. The molecule has 3 N–H and O–H groups in total. The van der Waals surface area contributed by atoms with E-state index in [1.807, 2.05) is 12.1 Å². The van der Waals surface area contributed by atoms with Gasteiger partial charge in [-0.2, -0.15) is 0 Å². The number of nitrogens with two attached hydrogens (primary N) is 1. The molecule has 1 rings (SSSR count). The van der Waals surface area contributed by atoms with E-state index >= 15 is 0 Å². The number of rotatable bonds is 7. The van der Waals surface area contributed by atoms with Crippen LogP contribution in [0.25, 0.3) is 0 Å². The molecule has 0 fully saturated rings. The lowest BCUT2D eigenvalue weighted by molar-refractivity contribution is 0.607. The van der Waals surface area contributed by atoms with Gasteiger partial charge in [0.25, 0.3) is 0 Å². The number of aryl methyl sites for hydroxylation is 2. The van der Waals surface area contributed by atoms with E-state index < -0.39 is 10.0 Å². The maximum Gasteiger partial charge on any atom is 0.229 e. The third kappa shape index (κ3) is 5.51. The molecular formula is C13H22N2O2S. The summed E-state index contributed by atoms with van der Waals surface area (Å²) >= 11 is 0. The first-order chi connectivity index (χ1) is 8.44. The first kappa shape index (κ1) is 15.0. The summed E-state index contributed by atoms with van der Waals surface area (Å²) in [7, 11) is -3.21. The fourth-order valence-electron chi connectivity index (χ4n) is 1.86. The van der Waals surface area contributed by atoms with Crippen molar-refractivity contribution in [3.8, 4) is 0 Å². The summed E-state index contributed by atoms with van der Waals surface area (Å²) in [5, 5.41) is 0. The number of anilines is 1. The molecule has 0 aliphatic heterocycles. The highest BCUT2D eigenvalue weighted by atomic mass is 32.2.